The molecule has 18 heavy (non-hydrogen) atoms. The van der Waals surface area contributed by atoms with Crippen molar-refractivity contribution in [1.82, 2.24) is 0 Å². The second-order valence-corrected chi connectivity index (χ2v) is 3.30. The van der Waals surface area contributed by atoms with Crippen molar-refractivity contribution in [3.8, 4) is 0 Å². The maximum Gasteiger partial charge on any atom is 0.416 e. The summed E-state index contributed by atoms with van der Waals surface area (Å²) in [6, 6.07) is 0.832. The van der Waals surface area contributed by atoms with Crippen LogP contribution in [0.2, 0.25) is 0 Å². The van der Waals surface area contributed by atoms with Crippen LogP contribution in [0.5, 0.6) is 0 Å². The fourth-order valence-corrected chi connectivity index (χ4v) is 1.18. The van der Waals surface area contributed by atoms with Gasteiger partial charge in [0.2, 0.25) is 0 Å². The third kappa shape index (κ3) is 3.08. The number of nitrogens with zero attached hydrogens (tertiary/aromatic N) is 1. The molecule has 0 radical (unpaired) electrons. The number of amidine groups is 1. The van der Waals surface area contributed by atoms with Gasteiger partial charge in [0.1, 0.15) is 0 Å². The molecule has 98 valence electrons. The minimum absolute atomic E-state index is 0.0140. The van der Waals surface area contributed by atoms with E-state index >= 15 is 0 Å². The molecule has 1 aromatic rings. The maximum atomic E-state index is 12.4. The zero-order chi connectivity index (χ0) is 14.1. The van der Waals surface area contributed by atoms with Crippen LogP contribution in [0.15, 0.2) is 23.2 Å². The molecular formula is C10H6F6N2. The van der Waals surface area contributed by atoms with Gasteiger partial charge >= 0.3 is 12.4 Å². The summed E-state index contributed by atoms with van der Waals surface area (Å²) in [5, 5.41) is 7.12. The van der Waals surface area contributed by atoms with Crippen LogP contribution in [0.1, 0.15) is 16.7 Å². The highest BCUT2D eigenvalue weighted by atomic mass is 19.4. The van der Waals surface area contributed by atoms with Crippen LogP contribution in [0, 0.1) is 5.41 Å². The summed E-state index contributed by atoms with van der Waals surface area (Å²) in [6.07, 6.45) is -9.87. The molecule has 0 aliphatic heterocycles. The molecule has 0 atom stereocenters. The number of nitrogens with one attached hydrogen (secondary N) is 1. The monoisotopic (exact) mass is 268 g/mol. The molecule has 0 spiro atoms. The van der Waals surface area contributed by atoms with E-state index in [9.17, 15) is 26.3 Å². The molecule has 0 saturated heterocycles. The Morgan fingerprint density at radius 3 is 1.61 bits per heavy atom. The molecule has 0 amide bonds. The third-order valence-corrected chi connectivity index (χ3v) is 2.02. The third-order valence-electron chi connectivity index (χ3n) is 2.02. The highest BCUT2D eigenvalue weighted by molar-refractivity contribution is 5.99. The zero-order valence-electron chi connectivity index (χ0n) is 8.65. The number of rotatable bonds is 1. The average molecular weight is 268 g/mol. The van der Waals surface area contributed by atoms with Gasteiger partial charge in [-0.3, -0.25) is 5.41 Å². The minimum Gasteiger partial charge on any atom is -0.282 e. The summed E-state index contributed by atoms with van der Waals surface area (Å²) in [7, 11) is 0. The van der Waals surface area contributed by atoms with Gasteiger partial charge in [0.05, 0.1) is 11.1 Å². The van der Waals surface area contributed by atoms with Crippen molar-refractivity contribution in [2.24, 2.45) is 4.99 Å². The normalized spacial score (nSPS) is 12.3. The molecule has 0 fully saturated rings. The number of hydrogen-bond donors (Lipinski definition) is 1. The molecule has 0 saturated carbocycles. The number of aliphatic imine (C=N–C) groups is 1. The minimum atomic E-state index is -4.93. The molecular weight excluding hydrogens is 262 g/mol. The van der Waals surface area contributed by atoms with Crippen LogP contribution in [0.3, 0.4) is 0 Å². The van der Waals surface area contributed by atoms with Gasteiger partial charge in [-0.05, 0) is 24.9 Å². The SMILES string of the molecule is C=NC(=N)c1cc(C(F)(F)F)cc(C(F)(F)F)c1. The van der Waals surface area contributed by atoms with Gasteiger partial charge in [-0.25, -0.2) is 4.99 Å². The van der Waals surface area contributed by atoms with Crippen molar-refractivity contribution in [1.29, 1.82) is 5.41 Å². The van der Waals surface area contributed by atoms with E-state index in [-0.39, 0.29) is 6.07 Å². The second kappa shape index (κ2) is 4.43. The summed E-state index contributed by atoms with van der Waals surface area (Å²) in [5.41, 5.74) is -3.56. The topological polar surface area (TPSA) is 36.2 Å². The maximum absolute atomic E-state index is 12.4. The molecule has 0 bridgehead atoms. The lowest BCUT2D eigenvalue weighted by molar-refractivity contribution is -0.143. The van der Waals surface area contributed by atoms with Gasteiger partial charge in [0, 0.05) is 5.56 Å². The Hall–Kier alpha value is -1.86. The summed E-state index contributed by atoms with van der Waals surface area (Å²) in [6.45, 7) is 2.88. The smallest absolute Gasteiger partial charge is 0.282 e. The van der Waals surface area contributed by atoms with Crippen molar-refractivity contribution in [3.05, 3.63) is 34.9 Å². The first-order chi connectivity index (χ1) is 8.05. The van der Waals surface area contributed by atoms with Gasteiger partial charge in [-0.2, -0.15) is 26.3 Å². The predicted molar refractivity (Wildman–Crippen MR) is 52.8 cm³/mol. The van der Waals surface area contributed by atoms with E-state index in [1.807, 2.05) is 0 Å². The van der Waals surface area contributed by atoms with Gasteiger partial charge in [-0.15, -0.1) is 0 Å². The number of benzene rings is 1. The Morgan fingerprint density at radius 1 is 0.944 bits per heavy atom. The molecule has 1 N–H and O–H groups in total. The van der Waals surface area contributed by atoms with Crippen LogP contribution in [0.25, 0.3) is 0 Å². The van der Waals surface area contributed by atoms with Gasteiger partial charge in [-0.1, -0.05) is 0 Å². The van der Waals surface area contributed by atoms with Gasteiger partial charge in [0.15, 0.2) is 5.84 Å². The molecule has 1 aromatic carbocycles. The standard InChI is InChI=1S/C10H6F6N2/c1-18-8(17)5-2-6(9(11,12)13)4-7(3-5)10(14,15)16/h2-4,17H,1H2. The number of hydrogen-bond acceptors (Lipinski definition) is 1. The van der Waals surface area contributed by atoms with E-state index in [4.69, 9.17) is 5.41 Å². The molecule has 8 heteroatoms. The second-order valence-electron chi connectivity index (χ2n) is 3.30. The van der Waals surface area contributed by atoms with Crippen molar-refractivity contribution in [2.45, 2.75) is 12.4 Å². The summed E-state index contributed by atoms with van der Waals surface area (Å²) in [5.74, 6) is -0.758. The van der Waals surface area contributed by atoms with Gasteiger partial charge in [0.25, 0.3) is 0 Å². The Balaban J connectivity index is 3.48. The van der Waals surface area contributed by atoms with Crippen LogP contribution in [-0.4, -0.2) is 12.6 Å². The largest absolute Gasteiger partial charge is 0.416 e. The molecule has 0 aliphatic rings. The van der Waals surface area contributed by atoms with E-state index in [0.717, 1.165) is 0 Å². The first-order valence-electron chi connectivity index (χ1n) is 4.41. The van der Waals surface area contributed by atoms with Crippen molar-refractivity contribution in [2.75, 3.05) is 0 Å². The fraction of sp³-hybridized carbons (Fsp3) is 0.200. The highest BCUT2D eigenvalue weighted by Crippen LogP contribution is 2.36. The molecule has 0 unspecified atom stereocenters. The number of halogens is 6. The Labute approximate surface area is 97.5 Å². The van der Waals surface area contributed by atoms with E-state index < -0.39 is 34.9 Å². The molecule has 1 rings (SSSR count). The lowest BCUT2D eigenvalue weighted by atomic mass is 10.0. The summed E-state index contributed by atoms with van der Waals surface area (Å²) >= 11 is 0. The number of alkyl halides is 6. The fourth-order valence-electron chi connectivity index (χ4n) is 1.18. The van der Waals surface area contributed by atoms with Gasteiger partial charge < -0.3 is 0 Å². The average Bonchev–Trinajstić information content (AvgIpc) is 2.25. The van der Waals surface area contributed by atoms with E-state index in [1.54, 1.807) is 0 Å². The first-order valence-corrected chi connectivity index (χ1v) is 4.41. The molecule has 0 aromatic heterocycles. The van der Waals surface area contributed by atoms with Crippen LogP contribution < -0.4 is 0 Å². The molecule has 0 aliphatic carbocycles. The molecule has 2 nitrogen and oxygen atoms in total. The Bertz CT molecular complexity index is 454. The highest BCUT2D eigenvalue weighted by Gasteiger charge is 2.37. The first kappa shape index (κ1) is 14.2. The van der Waals surface area contributed by atoms with Crippen molar-refractivity contribution < 1.29 is 26.3 Å². The quantitative estimate of drug-likeness (QED) is 0.457. The van der Waals surface area contributed by atoms with E-state index in [0.29, 0.717) is 12.1 Å². The van der Waals surface area contributed by atoms with Crippen molar-refractivity contribution >= 4 is 12.6 Å². The zero-order valence-corrected chi connectivity index (χ0v) is 8.65. The lowest BCUT2D eigenvalue weighted by Gasteiger charge is -2.13. The molecule has 0 heterocycles. The predicted octanol–water partition coefficient (Wildman–Crippen LogP) is 3.75. The summed E-state index contributed by atoms with van der Waals surface area (Å²) < 4.78 is 74.5. The van der Waals surface area contributed by atoms with Crippen molar-refractivity contribution in [3.63, 3.8) is 0 Å². The van der Waals surface area contributed by atoms with Crippen LogP contribution in [-0.2, 0) is 12.4 Å². The van der Waals surface area contributed by atoms with E-state index in [1.165, 1.54) is 0 Å². The van der Waals surface area contributed by atoms with Crippen LogP contribution in [0.4, 0.5) is 26.3 Å². The van der Waals surface area contributed by atoms with E-state index in [2.05, 4.69) is 11.7 Å². The Kier molecular flexibility index (Phi) is 3.50. The Morgan fingerprint density at radius 2 is 1.33 bits per heavy atom. The summed E-state index contributed by atoms with van der Waals surface area (Å²) in [4.78, 5) is 3.00. The lowest BCUT2D eigenvalue weighted by Crippen LogP contribution is -2.13. The van der Waals surface area contributed by atoms with Crippen LogP contribution >= 0.6 is 0 Å².